The van der Waals surface area contributed by atoms with Crippen LogP contribution >= 0.6 is 0 Å². The quantitative estimate of drug-likeness (QED) is 0.650. The molecule has 0 saturated carbocycles. The summed E-state index contributed by atoms with van der Waals surface area (Å²) in [7, 11) is 1.95. The molecule has 3 aromatic rings. The SMILES string of the molecule is Cc1ccc(CNCc2ccccc2CN2CC[C@H](O)C2)c(-c2cnn(C)c2)c1. The minimum atomic E-state index is -0.173. The molecule has 0 amide bonds. The van der Waals surface area contributed by atoms with Crippen LogP contribution in [0.25, 0.3) is 11.1 Å². The number of β-amino-alcohol motifs (C(OH)–C–C–N with tert-alkyl or cyclic N) is 1. The number of nitrogens with one attached hydrogen (secondary N) is 1. The molecule has 1 atom stereocenters. The molecule has 1 aliphatic rings. The number of aromatic nitrogens is 2. The van der Waals surface area contributed by atoms with Gasteiger partial charge in [-0.15, -0.1) is 0 Å². The maximum atomic E-state index is 9.80. The Labute approximate surface area is 173 Å². The summed E-state index contributed by atoms with van der Waals surface area (Å²) < 4.78 is 1.85. The van der Waals surface area contributed by atoms with Crippen LogP contribution in [-0.2, 0) is 26.7 Å². The molecule has 0 bridgehead atoms. The first-order valence-electron chi connectivity index (χ1n) is 10.3. The van der Waals surface area contributed by atoms with Crippen molar-refractivity contribution >= 4 is 0 Å². The average Bonchev–Trinajstić information content (AvgIpc) is 3.32. The lowest BCUT2D eigenvalue weighted by atomic mass is 9.99. The molecule has 5 nitrogen and oxygen atoms in total. The summed E-state index contributed by atoms with van der Waals surface area (Å²) in [5, 5.41) is 17.8. The second-order valence-corrected chi connectivity index (χ2v) is 8.11. The van der Waals surface area contributed by atoms with Gasteiger partial charge < -0.3 is 10.4 Å². The van der Waals surface area contributed by atoms with Gasteiger partial charge in [-0.3, -0.25) is 9.58 Å². The average molecular weight is 391 g/mol. The zero-order valence-corrected chi connectivity index (χ0v) is 17.3. The highest BCUT2D eigenvalue weighted by Gasteiger charge is 2.20. The van der Waals surface area contributed by atoms with Crippen LogP contribution < -0.4 is 5.32 Å². The fourth-order valence-electron chi connectivity index (χ4n) is 4.09. The summed E-state index contributed by atoms with van der Waals surface area (Å²) >= 11 is 0. The summed E-state index contributed by atoms with van der Waals surface area (Å²) in [6.45, 7) is 6.41. The molecule has 152 valence electrons. The van der Waals surface area contributed by atoms with Crippen LogP contribution in [0, 0.1) is 6.92 Å². The Bertz CT molecular complexity index is 965. The number of nitrogens with zero attached hydrogens (tertiary/aromatic N) is 3. The van der Waals surface area contributed by atoms with E-state index in [1.54, 1.807) is 0 Å². The maximum Gasteiger partial charge on any atom is 0.0679 e. The number of benzene rings is 2. The van der Waals surface area contributed by atoms with Gasteiger partial charge in [0.2, 0.25) is 0 Å². The van der Waals surface area contributed by atoms with E-state index in [0.717, 1.165) is 44.7 Å². The van der Waals surface area contributed by atoms with E-state index < -0.39 is 0 Å². The molecule has 1 aliphatic heterocycles. The standard InChI is InChI=1S/C24H30N4O/c1-18-7-8-20(24(11-18)22-14-26-27(2)15-22)13-25-12-19-5-3-4-6-21(19)16-28-10-9-23(29)17-28/h3-8,11,14-15,23,25,29H,9-10,12-13,16-17H2,1-2H3/t23-/m0/s1. The van der Waals surface area contributed by atoms with Gasteiger partial charge in [0, 0.05) is 51.5 Å². The predicted octanol–water partition coefficient (Wildman–Crippen LogP) is 3.25. The Hall–Kier alpha value is -2.47. The van der Waals surface area contributed by atoms with Gasteiger partial charge in [0.05, 0.1) is 12.3 Å². The van der Waals surface area contributed by atoms with Gasteiger partial charge in [0.15, 0.2) is 0 Å². The Morgan fingerprint density at radius 1 is 1.10 bits per heavy atom. The summed E-state index contributed by atoms with van der Waals surface area (Å²) in [6.07, 6.45) is 4.70. The van der Waals surface area contributed by atoms with E-state index >= 15 is 0 Å². The van der Waals surface area contributed by atoms with Crippen molar-refractivity contribution in [1.82, 2.24) is 20.0 Å². The molecule has 0 radical (unpaired) electrons. The largest absolute Gasteiger partial charge is 0.392 e. The van der Waals surface area contributed by atoms with Crippen molar-refractivity contribution in [3.05, 3.63) is 77.1 Å². The van der Waals surface area contributed by atoms with Crippen molar-refractivity contribution in [3.8, 4) is 11.1 Å². The highest BCUT2D eigenvalue weighted by molar-refractivity contribution is 5.66. The number of hydrogen-bond acceptors (Lipinski definition) is 4. The van der Waals surface area contributed by atoms with Crippen molar-refractivity contribution < 1.29 is 5.11 Å². The van der Waals surface area contributed by atoms with Crippen molar-refractivity contribution in [1.29, 1.82) is 0 Å². The summed E-state index contributed by atoms with van der Waals surface area (Å²) in [5.74, 6) is 0. The normalized spacial score (nSPS) is 17.1. The summed E-state index contributed by atoms with van der Waals surface area (Å²) in [5.41, 5.74) is 7.59. The zero-order chi connectivity index (χ0) is 20.2. The van der Waals surface area contributed by atoms with Gasteiger partial charge in [-0.1, -0.05) is 48.0 Å². The summed E-state index contributed by atoms with van der Waals surface area (Å²) in [6, 6.07) is 15.2. The van der Waals surface area contributed by atoms with Gasteiger partial charge in [0.25, 0.3) is 0 Å². The Kier molecular flexibility index (Phi) is 6.09. The highest BCUT2D eigenvalue weighted by Crippen LogP contribution is 2.25. The van der Waals surface area contributed by atoms with E-state index in [4.69, 9.17) is 0 Å². The third kappa shape index (κ3) is 4.93. The third-order valence-electron chi connectivity index (χ3n) is 5.67. The van der Waals surface area contributed by atoms with Crippen LogP contribution in [0.3, 0.4) is 0 Å². The summed E-state index contributed by atoms with van der Waals surface area (Å²) in [4.78, 5) is 2.34. The van der Waals surface area contributed by atoms with Gasteiger partial charge in [-0.25, -0.2) is 0 Å². The van der Waals surface area contributed by atoms with E-state index in [-0.39, 0.29) is 6.10 Å². The molecule has 0 unspecified atom stereocenters. The molecule has 2 aromatic carbocycles. The molecule has 1 aromatic heterocycles. The van der Waals surface area contributed by atoms with E-state index in [0.29, 0.717) is 0 Å². The zero-order valence-electron chi connectivity index (χ0n) is 17.3. The smallest absolute Gasteiger partial charge is 0.0679 e. The number of likely N-dealkylation sites (tertiary alicyclic amines) is 1. The first kappa shape index (κ1) is 19.8. The molecule has 2 N–H and O–H groups in total. The molecule has 4 rings (SSSR count). The lowest BCUT2D eigenvalue weighted by molar-refractivity contribution is 0.174. The van der Waals surface area contributed by atoms with Crippen LogP contribution in [0.15, 0.2) is 54.9 Å². The van der Waals surface area contributed by atoms with Gasteiger partial charge in [0.1, 0.15) is 0 Å². The number of rotatable bonds is 7. The van der Waals surface area contributed by atoms with Crippen LogP contribution in [-0.4, -0.2) is 39.0 Å². The van der Waals surface area contributed by atoms with Crippen molar-refractivity contribution in [2.75, 3.05) is 13.1 Å². The Balaban J connectivity index is 1.44. The fraction of sp³-hybridized carbons (Fsp3) is 0.375. The minimum Gasteiger partial charge on any atom is -0.392 e. The lowest BCUT2D eigenvalue weighted by Gasteiger charge is -2.18. The first-order valence-corrected chi connectivity index (χ1v) is 10.3. The lowest BCUT2D eigenvalue weighted by Crippen LogP contribution is -2.23. The first-order chi connectivity index (χ1) is 14.1. The van der Waals surface area contributed by atoms with Gasteiger partial charge >= 0.3 is 0 Å². The van der Waals surface area contributed by atoms with Crippen LogP contribution in [0.5, 0.6) is 0 Å². The van der Waals surface area contributed by atoms with E-state index in [1.807, 2.05) is 17.9 Å². The number of hydrogen-bond donors (Lipinski definition) is 2. The van der Waals surface area contributed by atoms with Crippen LogP contribution in [0.4, 0.5) is 0 Å². The van der Waals surface area contributed by atoms with Crippen molar-refractivity contribution in [2.24, 2.45) is 7.05 Å². The van der Waals surface area contributed by atoms with Crippen molar-refractivity contribution in [2.45, 2.75) is 39.1 Å². The van der Waals surface area contributed by atoms with Crippen LogP contribution in [0.2, 0.25) is 0 Å². The number of aryl methyl sites for hydroxylation is 2. The Morgan fingerprint density at radius 3 is 2.62 bits per heavy atom. The molecule has 5 heteroatoms. The predicted molar refractivity (Wildman–Crippen MR) is 116 cm³/mol. The molecule has 1 saturated heterocycles. The second-order valence-electron chi connectivity index (χ2n) is 8.11. The number of aliphatic hydroxyl groups excluding tert-OH is 1. The van der Waals surface area contributed by atoms with E-state index in [9.17, 15) is 5.11 Å². The van der Waals surface area contributed by atoms with Crippen LogP contribution in [0.1, 0.15) is 28.7 Å². The Morgan fingerprint density at radius 2 is 1.90 bits per heavy atom. The molecular formula is C24H30N4O. The minimum absolute atomic E-state index is 0.173. The molecule has 2 heterocycles. The van der Waals surface area contributed by atoms with Crippen molar-refractivity contribution in [3.63, 3.8) is 0 Å². The highest BCUT2D eigenvalue weighted by atomic mass is 16.3. The van der Waals surface area contributed by atoms with E-state index in [1.165, 1.54) is 27.8 Å². The third-order valence-corrected chi connectivity index (χ3v) is 5.67. The maximum absolute atomic E-state index is 9.80. The molecule has 0 aliphatic carbocycles. The number of aliphatic hydroxyl groups is 1. The molecular weight excluding hydrogens is 360 g/mol. The van der Waals surface area contributed by atoms with E-state index in [2.05, 4.69) is 70.9 Å². The van der Waals surface area contributed by atoms with Gasteiger partial charge in [-0.05, 0) is 35.6 Å². The second kappa shape index (κ2) is 8.91. The fourth-order valence-corrected chi connectivity index (χ4v) is 4.09. The molecule has 29 heavy (non-hydrogen) atoms. The van der Waals surface area contributed by atoms with Gasteiger partial charge in [-0.2, -0.15) is 5.10 Å². The molecule has 0 spiro atoms. The molecule has 1 fully saturated rings. The topological polar surface area (TPSA) is 53.3 Å². The monoisotopic (exact) mass is 390 g/mol.